The molecule has 4 nitrogen and oxygen atoms in total. The van der Waals surface area contributed by atoms with Crippen LogP contribution in [0, 0.1) is 5.41 Å². The number of ether oxygens (including phenoxy) is 1. The molecule has 1 unspecified atom stereocenters. The van der Waals surface area contributed by atoms with Gasteiger partial charge in [0.05, 0.1) is 5.41 Å². The van der Waals surface area contributed by atoms with E-state index in [1.807, 2.05) is 0 Å². The maximum atomic E-state index is 12.6. The summed E-state index contributed by atoms with van der Waals surface area (Å²) in [6.45, 7) is 5.19. The number of carbonyl (C=O) groups excluding carboxylic acids is 1. The normalized spacial score (nSPS) is 16.4. The van der Waals surface area contributed by atoms with Crippen molar-refractivity contribution in [3.8, 4) is 5.75 Å². The summed E-state index contributed by atoms with van der Waals surface area (Å²) in [4.78, 5) is 12.0. The molecule has 1 aliphatic carbocycles. The zero-order chi connectivity index (χ0) is 18.8. The molecule has 0 saturated carbocycles. The Morgan fingerprint density at radius 3 is 2.52 bits per heavy atom. The van der Waals surface area contributed by atoms with Gasteiger partial charge < -0.3 is 4.74 Å². The number of hydrogen-bond acceptors (Lipinski definition) is 4. The van der Waals surface area contributed by atoms with Crippen LogP contribution in [0.4, 0.5) is 13.2 Å². The van der Waals surface area contributed by atoms with Gasteiger partial charge in [-0.15, -0.1) is 17.7 Å². The first kappa shape index (κ1) is 19.7. The van der Waals surface area contributed by atoms with Gasteiger partial charge in [-0.1, -0.05) is 0 Å². The van der Waals surface area contributed by atoms with Gasteiger partial charge in [0.2, 0.25) is 0 Å². The molecule has 1 N–H and O–H groups in total. The standard InChI is InChI=1S/C17H20F3O4S/c1-16(2,3)15(21)23-12-8-9-13-11(10-12)6-4-5-7-14(13)24-25(22)17(18,19)20/h7-10,22H,4-6H2,1-3H3/q+1. The van der Waals surface area contributed by atoms with Crippen molar-refractivity contribution in [2.45, 2.75) is 45.5 Å². The van der Waals surface area contributed by atoms with Crippen molar-refractivity contribution in [1.82, 2.24) is 0 Å². The van der Waals surface area contributed by atoms with Crippen molar-refractivity contribution in [2.24, 2.45) is 5.41 Å². The Bertz CT molecular complexity index is 677. The third-order valence-corrected chi connectivity index (χ3v) is 4.25. The molecular formula is C17H20F3O4S+. The van der Waals surface area contributed by atoms with Crippen molar-refractivity contribution in [2.75, 3.05) is 0 Å². The van der Waals surface area contributed by atoms with Gasteiger partial charge >= 0.3 is 22.9 Å². The van der Waals surface area contributed by atoms with Crippen LogP contribution in [-0.4, -0.2) is 16.0 Å². The highest BCUT2D eigenvalue weighted by Gasteiger charge is 2.57. The minimum atomic E-state index is -4.84. The largest absolute Gasteiger partial charge is 0.654 e. The van der Waals surface area contributed by atoms with Gasteiger partial charge in [-0.05, 0) is 69.9 Å². The van der Waals surface area contributed by atoms with E-state index in [0.717, 1.165) is 0 Å². The molecule has 0 heterocycles. The van der Waals surface area contributed by atoms with Gasteiger partial charge in [0, 0.05) is 5.56 Å². The number of aryl methyl sites for hydroxylation is 1. The summed E-state index contributed by atoms with van der Waals surface area (Å²) in [5, 5.41) is 0. The van der Waals surface area contributed by atoms with Crippen LogP contribution in [0.3, 0.4) is 0 Å². The van der Waals surface area contributed by atoms with E-state index >= 15 is 0 Å². The second-order valence-electron chi connectivity index (χ2n) is 6.70. The fraction of sp³-hybridized carbons (Fsp3) is 0.471. The van der Waals surface area contributed by atoms with Crippen molar-refractivity contribution in [3.63, 3.8) is 0 Å². The molecule has 2 rings (SSSR count). The summed E-state index contributed by atoms with van der Waals surface area (Å²) in [7, 11) is 0. The second-order valence-corrected chi connectivity index (χ2v) is 7.83. The average Bonchev–Trinajstić information content (AvgIpc) is 2.67. The van der Waals surface area contributed by atoms with E-state index in [-0.39, 0.29) is 5.76 Å². The number of allylic oxidation sites excluding steroid dienone is 1. The van der Waals surface area contributed by atoms with Gasteiger partial charge in [-0.25, -0.2) is 4.18 Å². The lowest BCUT2D eigenvalue weighted by atomic mass is 9.97. The number of benzene rings is 1. The van der Waals surface area contributed by atoms with Crippen molar-refractivity contribution in [1.29, 1.82) is 0 Å². The molecule has 0 radical (unpaired) electrons. The molecule has 0 aliphatic heterocycles. The van der Waals surface area contributed by atoms with Crippen LogP contribution in [0.1, 0.15) is 44.7 Å². The lowest BCUT2D eigenvalue weighted by Crippen LogP contribution is -2.25. The van der Waals surface area contributed by atoms with Gasteiger partial charge in [0.15, 0.2) is 5.76 Å². The van der Waals surface area contributed by atoms with E-state index in [2.05, 4.69) is 0 Å². The summed E-state index contributed by atoms with van der Waals surface area (Å²) >= 11 is -3.18. The fourth-order valence-electron chi connectivity index (χ4n) is 2.19. The van der Waals surface area contributed by atoms with Crippen LogP contribution in [-0.2, 0) is 26.9 Å². The molecule has 0 saturated heterocycles. The Labute approximate surface area is 147 Å². The summed E-state index contributed by atoms with van der Waals surface area (Å²) in [6, 6.07) is 4.68. The van der Waals surface area contributed by atoms with E-state index in [1.165, 1.54) is 12.1 Å². The van der Waals surface area contributed by atoms with Crippen molar-refractivity contribution < 1.29 is 31.4 Å². The number of rotatable bonds is 3. The zero-order valence-corrected chi connectivity index (χ0v) is 15.0. The number of hydrogen-bond donors (Lipinski definition) is 1. The molecule has 0 amide bonds. The van der Waals surface area contributed by atoms with E-state index in [0.29, 0.717) is 36.1 Å². The molecule has 1 atom stereocenters. The fourth-order valence-corrected chi connectivity index (χ4v) is 2.61. The first-order chi connectivity index (χ1) is 11.5. The average molecular weight is 377 g/mol. The Hall–Kier alpha value is -1.67. The molecule has 1 aromatic rings. The Morgan fingerprint density at radius 2 is 1.92 bits per heavy atom. The van der Waals surface area contributed by atoms with E-state index in [9.17, 15) is 22.5 Å². The predicted molar refractivity (Wildman–Crippen MR) is 89.6 cm³/mol. The van der Waals surface area contributed by atoms with Crippen LogP contribution in [0.15, 0.2) is 24.3 Å². The molecule has 0 fully saturated rings. The van der Waals surface area contributed by atoms with Gasteiger partial charge in [0.25, 0.3) is 0 Å². The highest BCUT2D eigenvalue weighted by atomic mass is 32.2. The molecule has 8 heteroatoms. The Balaban J connectivity index is 2.25. The van der Waals surface area contributed by atoms with Gasteiger partial charge in [-0.2, -0.15) is 0 Å². The van der Waals surface area contributed by atoms with E-state index in [4.69, 9.17) is 8.92 Å². The van der Waals surface area contributed by atoms with Gasteiger partial charge in [-0.3, -0.25) is 4.79 Å². The van der Waals surface area contributed by atoms with Crippen LogP contribution in [0.2, 0.25) is 0 Å². The van der Waals surface area contributed by atoms with Crippen LogP contribution >= 0.6 is 0 Å². The second kappa shape index (κ2) is 7.29. The molecule has 0 bridgehead atoms. The lowest BCUT2D eigenvalue weighted by Gasteiger charge is -2.17. The monoisotopic (exact) mass is 377 g/mol. The smallest absolute Gasteiger partial charge is 0.426 e. The minimum Gasteiger partial charge on any atom is -0.426 e. The Kier molecular flexibility index (Phi) is 5.73. The summed E-state index contributed by atoms with van der Waals surface area (Å²) in [5.74, 6) is -0.0786. The minimum absolute atomic E-state index is 0.00986. The van der Waals surface area contributed by atoms with Crippen LogP contribution < -0.4 is 4.74 Å². The SMILES string of the molecule is CC(C)(C)C(=O)Oc1ccc2c(c1)CCCC=C2O[S+](O)C(F)(F)F. The quantitative estimate of drug-likeness (QED) is 0.464. The number of alkyl halides is 3. The van der Waals surface area contributed by atoms with Gasteiger partial charge in [0.1, 0.15) is 5.75 Å². The zero-order valence-electron chi connectivity index (χ0n) is 14.1. The van der Waals surface area contributed by atoms with Crippen molar-refractivity contribution >= 4 is 23.2 Å². The van der Waals surface area contributed by atoms with Crippen LogP contribution in [0.5, 0.6) is 5.75 Å². The highest BCUT2D eigenvalue weighted by molar-refractivity contribution is 7.87. The molecule has 1 aliphatic rings. The molecule has 0 aromatic heterocycles. The third-order valence-electron chi connectivity index (χ3n) is 3.51. The lowest BCUT2D eigenvalue weighted by molar-refractivity contribution is -0.143. The molecule has 1 aromatic carbocycles. The summed E-state index contributed by atoms with van der Waals surface area (Å²) < 4.78 is 56.9. The molecule has 138 valence electrons. The number of halogens is 3. The predicted octanol–water partition coefficient (Wildman–Crippen LogP) is 4.86. The Morgan fingerprint density at radius 1 is 1.24 bits per heavy atom. The highest BCUT2D eigenvalue weighted by Crippen LogP contribution is 2.34. The first-order valence-electron chi connectivity index (χ1n) is 7.73. The van der Waals surface area contributed by atoms with Crippen LogP contribution in [0.25, 0.3) is 5.76 Å². The maximum absolute atomic E-state index is 12.6. The molecule has 25 heavy (non-hydrogen) atoms. The maximum Gasteiger partial charge on any atom is 0.654 e. The topological polar surface area (TPSA) is 55.8 Å². The first-order valence-corrected chi connectivity index (χ1v) is 8.83. The summed E-state index contributed by atoms with van der Waals surface area (Å²) in [6.07, 6.45) is 3.37. The molecule has 0 spiro atoms. The third kappa shape index (κ3) is 5.15. The number of carbonyl (C=O) groups is 1. The van der Waals surface area contributed by atoms with Crippen molar-refractivity contribution in [3.05, 3.63) is 35.4 Å². The molecular weight excluding hydrogens is 357 g/mol. The van der Waals surface area contributed by atoms with E-state index < -0.39 is 28.3 Å². The number of esters is 1. The number of fused-ring (bicyclic) bond motifs is 1. The summed E-state index contributed by atoms with van der Waals surface area (Å²) in [5.41, 5.74) is -4.33. The van der Waals surface area contributed by atoms with E-state index in [1.54, 1.807) is 32.9 Å².